The summed E-state index contributed by atoms with van der Waals surface area (Å²) >= 11 is 0. The van der Waals surface area contributed by atoms with Crippen LogP contribution in [0.15, 0.2) is 23.1 Å². The van der Waals surface area contributed by atoms with E-state index in [0.29, 0.717) is 17.9 Å². The lowest BCUT2D eigenvalue weighted by molar-refractivity contribution is -0.136. The number of aromatic amines is 1. The van der Waals surface area contributed by atoms with Crippen LogP contribution >= 0.6 is 0 Å². The molecule has 1 amide bonds. The molecule has 0 aliphatic carbocycles. The van der Waals surface area contributed by atoms with Crippen molar-refractivity contribution in [2.24, 2.45) is 0 Å². The third kappa shape index (κ3) is 2.84. The van der Waals surface area contributed by atoms with Crippen LogP contribution in [-0.4, -0.2) is 56.5 Å². The molecule has 2 saturated heterocycles. The number of carbonyl (C=O) groups excluding carboxylic acids is 1. The van der Waals surface area contributed by atoms with Crippen LogP contribution in [0.4, 0.5) is 0 Å². The van der Waals surface area contributed by atoms with Crippen LogP contribution in [0.1, 0.15) is 43.8 Å². The summed E-state index contributed by atoms with van der Waals surface area (Å²) in [5.41, 5.74) is 1.20. The van der Waals surface area contributed by atoms with Crippen LogP contribution in [0.3, 0.4) is 0 Å². The van der Waals surface area contributed by atoms with Crippen molar-refractivity contribution in [1.29, 1.82) is 0 Å². The third-order valence-corrected chi connectivity index (χ3v) is 5.12. The van der Waals surface area contributed by atoms with Crippen molar-refractivity contribution in [3.8, 4) is 0 Å². The third-order valence-electron chi connectivity index (χ3n) is 5.12. The van der Waals surface area contributed by atoms with Crippen molar-refractivity contribution in [2.75, 3.05) is 26.2 Å². The molecule has 0 bridgehead atoms. The smallest absolute Gasteiger partial charge is 0.272 e. The molecule has 0 unspecified atom stereocenters. The van der Waals surface area contributed by atoms with E-state index in [9.17, 15) is 9.59 Å². The Bertz CT molecular complexity index is 790. The highest BCUT2D eigenvalue weighted by Crippen LogP contribution is 2.29. The SMILES string of the molecule is O=C(CN1CCCC1)N1CCCC[C@@H]1c1cc(=O)n2[nH]ccc2n1. The maximum atomic E-state index is 12.8. The van der Waals surface area contributed by atoms with Crippen molar-refractivity contribution in [1.82, 2.24) is 24.4 Å². The van der Waals surface area contributed by atoms with Gasteiger partial charge in [0.25, 0.3) is 5.56 Å². The average Bonchev–Trinajstić information content (AvgIpc) is 3.26. The first-order chi connectivity index (χ1) is 11.7. The molecule has 0 radical (unpaired) electrons. The van der Waals surface area contributed by atoms with Crippen molar-refractivity contribution in [2.45, 2.75) is 38.1 Å². The molecule has 4 heterocycles. The lowest BCUT2D eigenvalue weighted by Crippen LogP contribution is -2.44. The topological polar surface area (TPSA) is 73.7 Å². The number of aromatic nitrogens is 3. The molecular weight excluding hydrogens is 306 g/mol. The Morgan fingerprint density at radius 2 is 2.00 bits per heavy atom. The Hall–Kier alpha value is -2.15. The Balaban J connectivity index is 1.60. The molecule has 24 heavy (non-hydrogen) atoms. The molecule has 7 nitrogen and oxygen atoms in total. The highest BCUT2D eigenvalue weighted by Gasteiger charge is 2.30. The maximum Gasteiger partial charge on any atom is 0.272 e. The van der Waals surface area contributed by atoms with Gasteiger partial charge < -0.3 is 4.90 Å². The molecule has 1 N–H and O–H groups in total. The number of carbonyl (C=O) groups is 1. The lowest BCUT2D eigenvalue weighted by Gasteiger charge is -2.36. The molecule has 2 aliphatic heterocycles. The highest BCUT2D eigenvalue weighted by molar-refractivity contribution is 5.79. The first kappa shape index (κ1) is 15.4. The first-order valence-electron chi connectivity index (χ1n) is 8.81. The fourth-order valence-electron chi connectivity index (χ4n) is 3.88. The van der Waals surface area contributed by atoms with Crippen molar-refractivity contribution < 1.29 is 4.79 Å². The molecule has 0 saturated carbocycles. The molecule has 2 aromatic heterocycles. The molecule has 1 atom stereocenters. The van der Waals surface area contributed by atoms with Crippen molar-refractivity contribution >= 4 is 11.6 Å². The monoisotopic (exact) mass is 329 g/mol. The minimum absolute atomic E-state index is 0.0820. The summed E-state index contributed by atoms with van der Waals surface area (Å²) in [6.07, 6.45) is 7.02. The highest BCUT2D eigenvalue weighted by atomic mass is 16.2. The number of hydrogen-bond acceptors (Lipinski definition) is 4. The van der Waals surface area contributed by atoms with Crippen LogP contribution in [0.5, 0.6) is 0 Å². The zero-order valence-electron chi connectivity index (χ0n) is 13.8. The van der Waals surface area contributed by atoms with E-state index < -0.39 is 0 Å². The van der Waals surface area contributed by atoms with Crippen LogP contribution in [0.2, 0.25) is 0 Å². The van der Waals surface area contributed by atoms with Gasteiger partial charge in [0.15, 0.2) is 5.65 Å². The van der Waals surface area contributed by atoms with Crippen molar-refractivity contribution in [3.05, 3.63) is 34.4 Å². The molecule has 128 valence electrons. The number of fused-ring (bicyclic) bond motifs is 1. The molecule has 2 fully saturated rings. The Morgan fingerprint density at radius 3 is 2.83 bits per heavy atom. The first-order valence-corrected chi connectivity index (χ1v) is 8.81. The van der Waals surface area contributed by atoms with Gasteiger partial charge in [0.05, 0.1) is 18.3 Å². The minimum Gasteiger partial charge on any atom is -0.333 e. The van der Waals surface area contributed by atoms with E-state index in [-0.39, 0.29) is 17.5 Å². The number of hydrogen-bond donors (Lipinski definition) is 1. The van der Waals surface area contributed by atoms with E-state index in [1.54, 1.807) is 18.3 Å². The maximum absolute atomic E-state index is 12.8. The van der Waals surface area contributed by atoms with Crippen LogP contribution in [0, 0.1) is 0 Å². The Morgan fingerprint density at radius 1 is 1.21 bits per heavy atom. The van der Waals surface area contributed by atoms with Crippen LogP contribution < -0.4 is 5.56 Å². The van der Waals surface area contributed by atoms with Gasteiger partial charge in [0.2, 0.25) is 5.91 Å². The quantitative estimate of drug-likeness (QED) is 0.917. The summed E-state index contributed by atoms with van der Waals surface area (Å²) in [5, 5.41) is 2.85. The van der Waals surface area contributed by atoms with Gasteiger partial charge in [0.1, 0.15) is 0 Å². The molecule has 2 aliphatic rings. The van der Waals surface area contributed by atoms with Gasteiger partial charge in [-0.2, -0.15) is 0 Å². The van der Waals surface area contributed by atoms with E-state index in [2.05, 4.69) is 15.0 Å². The molecular formula is C17H23N5O2. The molecule has 4 rings (SSSR count). The van der Waals surface area contributed by atoms with E-state index >= 15 is 0 Å². The lowest BCUT2D eigenvalue weighted by atomic mass is 9.99. The Kier molecular flexibility index (Phi) is 4.10. The van der Waals surface area contributed by atoms with E-state index in [1.807, 2.05) is 4.90 Å². The summed E-state index contributed by atoms with van der Waals surface area (Å²) in [7, 11) is 0. The second kappa shape index (κ2) is 6.39. The van der Waals surface area contributed by atoms with Gasteiger partial charge in [-0.05, 0) is 45.2 Å². The van der Waals surface area contributed by atoms with Crippen LogP contribution in [-0.2, 0) is 4.79 Å². The summed E-state index contributed by atoms with van der Waals surface area (Å²) in [4.78, 5) is 33.8. The predicted molar refractivity (Wildman–Crippen MR) is 89.8 cm³/mol. The standard InChI is InChI=1S/C17H23N5O2/c23-16-11-13(19-15-6-7-18-22(15)16)14-5-1-2-10-21(14)17(24)12-20-8-3-4-9-20/h6-7,11,14,18H,1-5,8-10,12H2/t14-/m1/s1. The molecule has 0 spiro atoms. The zero-order chi connectivity index (χ0) is 16.5. The number of nitrogens with zero attached hydrogens (tertiary/aromatic N) is 4. The number of piperidine rings is 1. The number of likely N-dealkylation sites (tertiary alicyclic amines) is 2. The number of nitrogens with one attached hydrogen (secondary N) is 1. The summed E-state index contributed by atoms with van der Waals surface area (Å²) in [6.45, 7) is 3.27. The summed E-state index contributed by atoms with van der Waals surface area (Å²) in [5.74, 6) is 0.165. The summed E-state index contributed by atoms with van der Waals surface area (Å²) < 4.78 is 1.42. The average molecular weight is 329 g/mol. The fraction of sp³-hybridized carbons (Fsp3) is 0.588. The second-order valence-electron chi connectivity index (χ2n) is 6.76. The Labute approximate surface area is 140 Å². The summed E-state index contributed by atoms with van der Waals surface area (Å²) in [6, 6.07) is 3.26. The minimum atomic E-state index is -0.127. The number of amides is 1. The molecule has 2 aromatic rings. The van der Waals surface area contributed by atoms with E-state index in [0.717, 1.165) is 38.9 Å². The molecule has 0 aromatic carbocycles. The van der Waals surface area contributed by atoms with Gasteiger partial charge in [-0.15, -0.1) is 0 Å². The van der Waals surface area contributed by atoms with Crippen LogP contribution in [0.25, 0.3) is 5.65 Å². The van der Waals surface area contributed by atoms with Gasteiger partial charge in [-0.3, -0.25) is 19.6 Å². The predicted octanol–water partition coefficient (Wildman–Crippen LogP) is 1.17. The van der Waals surface area contributed by atoms with Gasteiger partial charge in [0, 0.05) is 24.9 Å². The fourth-order valence-corrected chi connectivity index (χ4v) is 3.88. The van der Waals surface area contributed by atoms with Crippen molar-refractivity contribution in [3.63, 3.8) is 0 Å². The number of rotatable bonds is 3. The second-order valence-corrected chi connectivity index (χ2v) is 6.76. The van der Waals surface area contributed by atoms with E-state index in [1.165, 1.54) is 17.4 Å². The number of H-pyrrole nitrogens is 1. The molecule has 7 heteroatoms. The largest absolute Gasteiger partial charge is 0.333 e. The van der Waals surface area contributed by atoms with Gasteiger partial charge >= 0.3 is 0 Å². The van der Waals surface area contributed by atoms with Gasteiger partial charge in [-0.25, -0.2) is 9.50 Å². The zero-order valence-corrected chi connectivity index (χ0v) is 13.8. The van der Waals surface area contributed by atoms with E-state index in [4.69, 9.17) is 0 Å². The van der Waals surface area contributed by atoms with Gasteiger partial charge in [-0.1, -0.05) is 0 Å². The normalized spacial score (nSPS) is 22.3.